The molecule has 3 heterocycles. The van der Waals surface area contributed by atoms with E-state index in [0.29, 0.717) is 6.54 Å². The number of nitrogens with one attached hydrogen (secondary N) is 1. The van der Waals surface area contributed by atoms with Crippen molar-refractivity contribution in [2.24, 2.45) is 0 Å². The van der Waals surface area contributed by atoms with Crippen molar-refractivity contribution in [3.8, 4) is 0 Å². The lowest BCUT2D eigenvalue weighted by Gasteiger charge is -2.33. The smallest absolute Gasteiger partial charge is 0.256 e. The van der Waals surface area contributed by atoms with E-state index in [9.17, 15) is 4.79 Å². The zero-order chi connectivity index (χ0) is 13.7. The van der Waals surface area contributed by atoms with Crippen molar-refractivity contribution in [1.29, 1.82) is 0 Å². The highest BCUT2D eigenvalue weighted by Crippen LogP contribution is 2.43. The molecule has 4 rings (SSSR count). The average molecular weight is 330 g/mol. The first-order valence-corrected chi connectivity index (χ1v) is 7.30. The molecule has 2 aromatic rings. The number of aromatic nitrogens is 1. The molecule has 1 fully saturated rings. The molecule has 1 aromatic carbocycles. The lowest BCUT2D eigenvalue weighted by atomic mass is 9.93. The molecule has 1 aromatic heterocycles. The Bertz CT molecular complexity index is 701. The van der Waals surface area contributed by atoms with Crippen molar-refractivity contribution in [2.75, 3.05) is 13.1 Å². The molecule has 2 aliphatic heterocycles. The Morgan fingerprint density at radius 2 is 2.05 bits per heavy atom. The van der Waals surface area contributed by atoms with E-state index in [2.05, 4.69) is 26.2 Å². The molecule has 1 saturated heterocycles. The van der Waals surface area contributed by atoms with E-state index < -0.39 is 5.66 Å². The second-order valence-electron chi connectivity index (χ2n) is 5.02. The molecule has 5 heteroatoms. The summed E-state index contributed by atoms with van der Waals surface area (Å²) in [5, 5.41) is 3.50. The molecule has 1 amide bonds. The Kier molecular flexibility index (Phi) is 2.49. The summed E-state index contributed by atoms with van der Waals surface area (Å²) in [6, 6.07) is 9.90. The van der Waals surface area contributed by atoms with Crippen LogP contribution in [0.15, 0.2) is 47.2 Å². The van der Waals surface area contributed by atoms with Gasteiger partial charge in [-0.25, -0.2) is 0 Å². The highest BCUT2D eigenvalue weighted by Gasteiger charge is 2.53. The van der Waals surface area contributed by atoms with Crippen LogP contribution < -0.4 is 5.32 Å². The van der Waals surface area contributed by atoms with Gasteiger partial charge in [-0.2, -0.15) is 0 Å². The molecule has 1 unspecified atom stereocenters. The lowest BCUT2D eigenvalue weighted by Crippen LogP contribution is -2.46. The van der Waals surface area contributed by atoms with E-state index >= 15 is 0 Å². The van der Waals surface area contributed by atoms with Crippen LogP contribution in [0.5, 0.6) is 0 Å². The molecule has 100 valence electrons. The molecule has 0 radical (unpaired) electrons. The Labute approximate surface area is 124 Å². The maximum atomic E-state index is 12.6. The van der Waals surface area contributed by atoms with Gasteiger partial charge in [0.15, 0.2) is 0 Å². The molecular formula is C15H12BrN3O. The second-order valence-corrected chi connectivity index (χ2v) is 5.94. The standard InChI is InChI=1S/C15H12BrN3O/c16-11-3-1-10(2-4-11)15-13-9-17-6-5-12(13)14(20)19(15)8-7-18-15/h1-6,9,18H,7-8H2. The summed E-state index contributed by atoms with van der Waals surface area (Å²) in [5.41, 5.74) is 2.21. The second kappa shape index (κ2) is 4.14. The summed E-state index contributed by atoms with van der Waals surface area (Å²) < 4.78 is 1.03. The van der Waals surface area contributed by atoms with Crippen molar-refractivity contribution in [3.63, 3.8) is 0 Å². The van der Waals surface area contributed by atoms with Crippen LogP contribution in [-0.2, 0) is 5.66 Å². The highest BCUT2D eigenvalue weighted by molar-refractivity contribution is 9.10. The first kappa shape index (κ1) is 12.1. The number of benzene rings is 1. The zero-order valence-electron chi connectivity index (χ0n) is 10.6. The van der Waals surface area contributed by atoms with Crippen molar-refractivity contribution in [2.45, 2.75) is 5.66 Å². The van der Waals surface area contributed by atoms with E-state index in [4.69, 9.17) is 0 Å². The Morgan fingerprint density at radius 3 is 2.85 bits per heavy atom. The predicted octanol–water partition coefficient (Wildman–Crippen LogP) is 2.10. The SMILES string of the molecule is O=C1c2ccncc2C2(c3ccc(Br)cc3)NCCN12. The maximum Gasteiger partial charge on any atom is 0.256 e. The van der Waals surface area contributed by atoms with Crippen LogP contribution in [0.3, 0.4) is 0 Å². The molecule has 0 spiro atoms. The van der Waals surface area contributed by atoms with Crippen molar-refractivity contribution >= 4 is 21.8 Å². The van der Waals surface area contributed by atoms with Crippen LogP contribution >= 0.6 is 15.9 Å². The third-order valence-electron chi connectivity index (χ3n) is 4.07. The van der Waals surface area contributed by atoms with Gasteiger partial charge in [-0.1, -0.05) is 28.1 Å². The summed E-state index contributed by atoms with van der Waals surface area (Å²) in [4.78, 5) is 18.7. The zero-order valence-corrected chi connectivity index (χ0v) is 12.2. The van der Waals surface area contributed by atoms with Crippen molar-refractivity contribution in [1.82, 2.24) is 15.2 Å². The van der Waals surface area contributed by atoms with E-state index in [1.807, 2.05) is 29.2 Å². The number of nitrogens with zero attached hydrogens (tertiary/aromatic N) is 2. The molecular weight excluding hydrogens is 318 g/mol. The summed E-state index contributed by atoms with van der Waals surface area (Å²) in [6.07, 6.45) is 3.47. The summed E-state index contributed by atoms with van der Waals surface area (Å²) >= 11 is 3.45. The van der Waals surface area contributed by atoms with Gasteiger partial charge in [-0.3, -0.25) is 15.1 Å². The molecule has 0 saturated carbocycles. The van der Waals surface area contributed by atoms with Gasteiger partial charge in [0.05, 0.1) is 0 Å². The van der Waals surface area contributed by atoms with Crippen molar-refractivity contribution in [3.05, 3.63) is 63.9 Å². The number of halogens is 1. The van der Waals surface area contributed by atoms with Gasteiger partial charge in [0.1, 0.15) is 5.66 Å². The molecule has 20 heavy (non-hydrogen) atoms. The van der Waals surface area contributed by atoms with E-state index in [1.54, 1.807) is 18.5 Å². The molecule has 0 aliphatic carbocycles. The highest BCUT2D eigenvalue weighted by atomic mass is 79.9. The lowest BCUT2D eigenvalue weighted by molar-refractivity contribution is 0.0694. The fraction of sp³-hybridized carbons (Fsp3) is 0.200. The van der Waals surface area contributed by atoms with Crippen LogP contribution in [0.25, 0.3) is 0 Å². The van der Waals surface area contributed by atoms with E-state index in [0.717, 1.165) is 27.7 Å². The maximum absolute atomic E-state index is 12.6. The Morgan fingerprint density at radius 1 is 1.25 bits per heavy atom. The van der Waals surface area contributed by atoms with Gasteiger partial charge in [0, 0.05) is 41.1 Å². The van der Waals surface area contributed by atoms with Crippen LogP contribution in [0.1, 0.15) is 21.5 Å². The summed E-state index contributed by atoms with van der Waals surface area (Å²) in [6.45, 7) is 1.50. The van der Waals surface area contributed by atoms with Crippen LogP contribution in [-0.4, -0.2) is 28.9 Å². The van der Waals surface area contributed by atoms with Gasteiger partial charge >= 0.3 is 0 Å². The topological polar surface area (TPSA) is 45.2 Å². The van der Waals surface area contributed by atoms with Gasteiger partial charge < -0.3 is 4.90 Å². The third-order valence-corrected chi connectivity index (χ3v) is 4.60. The summed E-state index contributed by atoms with van der Waals surface area (Å²) in [7, 11) is 0. The Balaban J connectivity index is 1.99. The average Bonchev–Trinajstić information content (AvgIpc) is 3.01. The van der Waals surface area contributed by atoms with Crippen LogP contribution in [0, 0.1) is 0 Å². The first-order chi connectivity index (χ1) is 9.73. The largest absolute Gasteiger partial charge is 0.311 e. The minimum Gasteiger partial charge on any atom is -0.311 e. The first-order valence-electron chi connectivity index (χ1n) is 6.51. The molecule has 4 nitrogen and oxygen atoms in total. The van der Waals surface area contributed by atoms with Crippen LogP contribution in [0.4, 0.5) is 0 Å². The number of amides is 1. The quantitative estimate of drug-likeness (QED) is 0.871. The number of carbonyl (C=O) groups is 1. The number of hydrogen-bond acceptors (Lipinski definition) is 3. The predicted molar refractivity (Wildman–Crippen MR) is 78.2 cm³/mol. The Hall–Kier alpha value is -1.72. The number of rotatable bonds is 1. The van der Waals surface area contributed by atoms with Gasteiger partial charge in [0.2, 0.25) is 0 Å². The molecule has 1 N–H and O–H groups in total. The minimum atomic E-state index is -0.554. The number of fused-ring (bicyclic) bond motifs is 3. The minimum absolute atomic E-state index is 0.0790. The van der Waals surface area contributed by atoms with Crippen LogP contribution in [0.2, 0.25) is 0 Å². The fourth-order valence-electron chi connectivity index (χ4n) is 3.23. The van der Waals surface area contributed by atoms with E-state index in [1.165, 1.54) is 0 Å². The monoisotopic (exact) mass is 329 g/mol. The van der Waals surface area contributed by atoms with Gasteiger partial charge in [0.25, 0.3) is 5.91 Å². The normalized spacial score (nSPS) is 23.9. The summed E-state index contributed by atoms with van der Waals surface area (Å²) in [5.74, 6) is 0.0790. The number of carbonyl (C=O) groups excluding carboxylic acids is 1. The van der Waals surface area contributed by atoms with E-state index in [-0.39, 0.29) is 5.91 Å². The number of hydrogen-bond donors (Lipinski definition) is 1. The fourth-order valence-corrected chi connectivity index (χ4v) is 3.49. The molecule has 1 atom stereocenters. The number of pyridine rings is 1. The third kappa shape index (κ3) is 1.39. The van der Waals surface area contributed by atoms with Crippen molar-refractivity contribution < 1.29 is 4.79 Å². The van der Waals surface area contributed by atoms with Gasteiger partial charge in [-0.15, -0.1) is 0 Å². The molecule has 0 bridgehead atoms. The molecule has 2 aliphatic rings. The van der Waals surface area contributed by atoms with Gasteiger partial charge in [-0.05, 0) is 23.8 Å².